The smallest absolute Gasteiger partial charge is 0.244 e. The maximum absolute atomic E-state index is 13.7. The van der Waals surface area contributed by atoms with Crippen LogP contribution in [0.1, 0.15) is 44.7 Å². The molecule has 7 nitrogen and oxygen atoms in total. The average molecular weight is 577 g/mol. The maximum Gasteiger partial charge on any atom is 0.244 e. The van der Waals surface area contributed by atoms with Crippen molar-refractivity contribution >= 4 is 62.3 Å². The van der Waals surface area contributed by atoms with E-state index in [2.05, 4.69) is 5.32 Å². The molecule has 0 saturated heterocycles. The second-order valence-corrected chi connectivity index (χ2v) is 11.8. The van der Waals surface area contributed by atoms with Gasteiger partial charge in [0.2, 0.25) is 21.8 Å². The SMILES string of the molecule is CC[C@H](C(=O)N[C@@H](C)CC)N(Cc1c(Cl)cccc1Cl)C(=O)CN(c1ccc(C)c(Cl)c1)S(C)(=O)=O. The van der Waals surface area contributed by atoms with E-state index < -0.39 is 28.5 Å². The molecule has 198 valence electrons. The van der Waals surface area contributed by atoms with E-state index in [9.17, 15) is 18.0 Å². The summed E-state index contributed by atoms with van der Waals surface area (Å²) in [6.07, 6.45) is 2.02. The van der Waals surface area contributed by atoms with Gasteiger partial charge in [0.25, 0.3) is 0 Å². The third-order valence-electron chi connectivity index (χ3n) is 5.90. The molecule has 2 atom stereocenters. The predicted molar refractivity (Wildman–Crippen MR) is 147 cm³/mol. The van der Waals surface area contributed by atoms with Gasteiger partial charge in [0.1, 0.15) is 12.6 Å². The summed E-state index contributed by atoms with van der Waals surface area (Å²) in [6.45, 7) is 6.77. The molecular formula is C25H32Cl3N3O4S. The second kappa shape index (κ2) is 13.0. The number of amides is 2. The molecule has 0 spiro atoms. The number of halogens is 3. The standard InChI is InChI=1S/C25H32Cl3N3O4S/c1-6-17(4)29-25(33)23(7-2)30(14-19-20(26)9-8-10-21(19)27)24(32)15-31(36(5,34)35)18-12-11-16(3)22(28)13-18/h8-13,17,23H,6-7,14-15H2,1-5H3,(H,29,33)/t17-,23+/m0/s1. The zero-order chi connectivity index (χ0) is 27.2. The number of benzene rings is 2. The summed E-state index contributed by atoms with van der Waals surface area (Å²) in [5.74, 6) is -0.924. The summed E-state index contributed by atoms with van der Waals surface area (Å²) in [4.78, 5) is 28.2. The summed E-state index contributed by atoms with van der Waals surface area (Å²) >= 11 is 19.0. The van der Waals surface area contributed by atoms with Gasteiger partial charge in [-0.05, 0) is 56.5 Å². The van der Waals surface area contributed by atoms with Crippen LogP contribution in [0.2, 0.25) is 15.1 Å². The van der Waals surface area contributed by atoms with Crippen LogP contribution in [0.3, 0.4) is 0 Å². The minimum absolute atomic E-state index is 0.0734. The van der Waals surface area contributed by atoms with Crippen molar-refractivity contribution in [2.75, 3.05) is 17.1 Å². The van der Waals surface area contributed by atoms with Crippen LogP contribution in [0.4, 0.5) is 5.69 Å². The molecule has 0 aliphatic carbocycles. The minimum Gasteiger partial charge on any atom is -0.352 e. The highest BCUT2D eigenvalue weighted by Gasteiger charge is 2.33. The van der Waals surface area contributed by atoms with Gasteiger partial charge in [-0.25, -0.2) is 8.42 Å². The first-order chi connectivity index (χ1) is 16.8. The molecule has 11 heteroatoms. The van der Waals surface area contributed by atoms with Gasteiger partial charge in [-0.3, -0.25) is 13.9 Å². The van der Waals surface area contributed by atoms with Crippen LogP contribution in [0.25, 0.3) is 0 Å². The molecule has 0 saturated carbocycles. The van der Waals surface area contributed by atoms with Crippen LogP contribution >= 0.6 is 34.8 Å². The maximum atomic E-state index is 13.7. The molecule has 36 heavy (non-hydrogen) atoms. The lowest BCUT2D eigenvalue weighted by molar-refractivity contribution is -0.140. The largest absolute Gasteiger partial charge is 0.352 e. The Morgan fingerprint density at radius 3 is 2.11 bits per heavy atom. The molecule has 0 aliphatic heterocycles. The van der Waals surface area contributed by atoms with E-state index >= 15 is 0 Å². The van der Waals surface area contributed by atoms with E-state index in [4.69, 9.17) is 34.8 Å². The minimum atomic E-state index is -3.87. The first-order valence-corrected chi connectivity index (χ1v) is 14.5. The van der Waals surface area contributed by atoms with Crippen LogP contribution in [-0.4, -0.2) is 50.0 Å². The van der Waals surface area contributed by atoms with Crippen molar-refractivity contribution in [1.29, 1.82) is 0 Å². The fourth-order valence-electron chi connectivity index (χ4n) is 3.56. The number of carbonyl (C=O) groups excluding carboxylic acids is 2. The molecule has 2 aromatic carbocycles. The van der Waals surface area contributed by atoms with Crippen molar-refractivity contribution in [1.82, 2.24) is 10.2 Å². The van der Waals surface area contributed by atoms with Crippen molar-refractivity contribution in [3.8, 4) is 0 Å². The molecule has 2 amide bonds. The van der Waals surface area contributed by atoms with Crippen molar-refractivity contribution in [3.05, 3.63) is 62.6 Å². The molecule has 1 N–H and O–H groups in total. The van der Waals surface area contributed by atoms with Gasteiger partial charge in [-0.2, -0.15) is 0 Å². The Morgan fingerprint density at radius 2 is 1.61 bits per heavy atom. The molecule has 0 aromatic heterocycles. The topological polar surface area (TPSA) is 86.8 Å². The Balaban J connectivity index is 2.52. The van der Waals surface area contributed by atoms with Crippen LogP contribution < -0.4 is 9.62 Å². The molecule has 0 unspecified atom stereocenters. The number of anilines is 1. The van der Waals surface area contributed by atoms with Gasteiger partial charge >= 0.3 is 0 Å². The number of carbonyl (C=O) groups is 2. The quantitative estimate of drug-likeness (QED) is 0.386. The molecule has 0 aliphatic rings. The zero-order valence-electron chi connectivity index (χ0n) is 21.0. The number of sulfonamides is 1. The summed E-state index contributed by atoms with van der Waals surface area (Å²) in [5, 5.41) is 3.95. The first kappa shape index (κ1) is 30.2. The highest BCUT2D eigenvalue weighted by Crippen LogP contribution is 2.28. The Labute approximate surface area is 228 Å². The predicted octanol–water partition coefficient (Wildman–Crippen LogP) is 5.44. The number of nitrogens with zero attached hydrogens (tertiary/aromatic N) is 2. The van der Waals surface area contributed by atoms with Gasteiger partial charge < -0.3 is 10.2 Å². The van der Waals surface area contributed by atoms with Crippen molar-refractivity contribution in [3.63, 3.8) is 0 Å². The van der Waals surface area contributed by atoms with Gasteiger partial charge in [0.15, 0.2) is 0 Å². The Morgan fingerprint density at radius 1 is 1.00 bits per heavy atom. The third kappa shape index (κ3) is 7.75. The van der Waals surface area contributed by atoms with E-state index in [1.54, 1.807) is 44.2 Å². The van der Waals surface area contributed by atoms with E-state index in [0.717, 1.165) is 16.1 Å². The third-order valence-corrected chi connectivity index (χ3v) is 8.16. The Bertz CT molecular complexity index is 1190. The van der Waals surface area contributed by atoms with E-state index in [1.165, 1.54) is 11.0 Å². The number of hydrogen-bond acceptors (Lipinski definition) is 4. The summed E-state index contributed by atoms with van der Waals surface area (Å²) in [6, 6.07) is 8.74. The van der Waals surface area contributed by atoms with Crippen LogP contribution in [0.15, 0.2) is 36.4 Å². The molecular weight excluding hydrogens is 545 g/mol. The van der Waals surface area contributed by atoms with Crippen LogP contribution in [0, 0.1) is 6.92 Å². The fourth-order valence-corrected chi connectivity index (χ4v) is 5.10. The Kier molecular flexibility index (Phi) is 10.9. The number of nitrogens with one attached hydrogen (secondary N) is 1. The van der Waals surface area contributed by atoms with Crippen molar-refractivity contribution < 1.29 is 18.0 Å². The van der Waals surface area contributed by atoms with E-state index in [-0.39, 0.29) is 24.2 Å². The lowest BCUT2D eigenvalue weighted by Gasteiger charge is -2.33. The molecule has 2 aromatic rings. The summed E-state index contributed by atoms with van der Waals surface area (Å²) < 4.78 is 26.4. The second-order valence-electron chi connectivity index (χ2n) is 8.67. The normalized spacial score (nSPS) is 13.1. The van der Waals surface area contributed by atoms with Gasteiger partial charge in [-0.1, -0.05) is 60.8 Å². The molecule has 2 rings (SSSR count). The van der Waals surface area contributed by atoms with Gasteiger partial charge in [0, 0.05) is 33.2 Å². The number of rotatable bonds is 11. The highest BCUT2D eigenvalue weighted by molar-refractivity contribution is 7.92. The molecule has 0 radical (unpaired) electrons. The van der Waals surface area contributed by atoms with Crippen molar-refractivity contribution in [2.24, 2.45) is 0 Å². The molecule has 0 fully saturated rings. The summed E-state index contributed by atoms with van der Waals surface area (Å²) in [7, 11) is -3.87. The van der Waals surface area contributed by atoms with Crippen molar-refractivity contribution in [2.45, 2.75) is 59.2 Å². The fraction of sp³-hybridized carbons (Fsp3) is 0.440. The van der Waals surface area contributed by atoms with Gasteiger partial charge in [0.05, 0.1) is 11.9 Å². The monoisotopic (exact) mass is 575 g/mol. The molecule has 0 heterocycles. The lowest BCUT2D eigenvalue weighted by Crippen LogP contribution is -2.53. The van der Waals surface area contributed by atoms with Crippen LogP contribution in [-0.2, 0) is 26.2 Å². The number of hydrogen-bond donors (Lipinski definition) is 1. The Hall–Kier alpha value is -2.00. The van der Waals surface area contributed by atoms with E-state index in [1.807, 2.05) is 13.8 Å². The lowest BCUT2D eigenvalue weighted by atomic mass is 10.1. The van der Waals surface area contributed by atoms with Gasteiger partial charge in [-0.15, -0.1) is 0 Å². The molecule has 0 bridgehead atoms. The highest BCUT2D eigenvalue weighted by atomic mass is 35.5. The zero-order valence-corrected chi connectivity index (χ0v) is 24.1. The number of aryl methyl sites for hydroxylation is 1. The summed E-state index contributed by atoms with van der Waals surface area (Å²) in [5.41, 5.74) is 1.48. The van der Waals surface area contributed by atoms with E-state index in [0.29, 0.717) is 33.5 Å². The first-order valence-electron chi connectivity index (χ1n) is 11.6. The average Bonchev–Trinajstić information content (AvgIpc) is 2.80. The van der Waals surface area contributed by atoms with Crippen LogP contribution in [0.5, 0.6) is 0 Å².